The maximum atomic E-state index is 8.71. The van der Waals surface area contributed by atoms with Crippen LogP contribution in [0.3, 0.4) is 0 Å². The van der Waals surface area contributed by atoms with Crippen molar-refractivity contribution in [3.63, 3.8) is 0 Å². The van der Waals surface area contributed by atoms with Crippen molar-refractivity contribution in [2.75, 3.05) is 11.9 Å². The Morgan fingerprint density at radius 2 is 2.00 bits per heavy atom. The second-order valence-electron chi connectivity index (χ2n) is 6.32. The van der Waals surface area contributed by atoms with Crippen molar-refractivity contribution in [2.45, 2.75) is 52.0 Å². The number of nitriles is 1. The van der Waals surface area contributed by atoms with Crippen LogP contribution >= 0.6 is 0 Å². The highest BCUT2D eigenvalue weighted by Crippen LogP contribution is 2.30. The summed E-state index contributed by atoms with van der Waals surface area (Å²) >= 11 is 0. The van der Waals surface area contributed by atoms with Crippen LogP contribution in [-0.4, -0.2) is 31.3 Å². The van der Waals surface area contributed by atoms with Crippen molar-refractivity contribution < 1.29 is 0 Å². The Bertz CT molecular complexity index is 860. The van der Waals surface area contributed by atoms with Gasteiger partial charge in [0.15, 0.2) is 5.82 Å². The molecule has 1 aliphatic rings. The maximum absolute atomic E-state index is 8.71. The number of rotatable bonds is 5. The van der Waals surface area contributed by atoms with Gasteiger partial charge in [0.1, 0.15) is 12.0 Å². The van der Waals surface area contributed by atoms with Gasteiger partial charge < -0.3 is 10.3 Å². The Balaban J connectivity index is 0.000000339. The van der Waals surface area contributed by atoms with Crippen LogP contribution in [0.4, 0.5) is 5.82 Å². The molecule has 2 N–H and O–H groups in total. The third-order valence-corrected chi connectivity index (χ3v) is 4.42. The Morgan fingerprint density at radius 3 is 2.69 bits per heavy atom. The molecule has 0 saturated heterocycles. The minimum Gasteiger partial charge on any atom is -0.368 e. The van der Waals surface area contributed by atoms with E-state index in [1.807, 2.05) is 25.4 Å². The van der Waals surface area contributed by atoms with Crippen LogP contribution in [0.25, 0.3) is 22.3 Å². The normalized spacial score (nSPS) is 13.2. The van der Waals surface area contributed by atoms with Crippen LogP contribution in [0.15, 0.2) is 24.8 Å². The van der Waals surface area contributed by atoms with Gasteiger partial charge in [0.2, 0.25) is 0 Å². The average Bonchev–Trinajstić information content (AvgIpc) is 3.41. The van der Waals surface area contributed by atoms with Crippen molar-refractivity contribution in [2.24, 2.45) is 0 Å². The largest absolute Gasteiger partial charge is 0.368 e. The zero-order valence-corrected chi connectivity index (χ0v) is 15.2. The van der Waals surface area contributed by atoms with E-state index in [9.17, 15) is 0 Å². The first-order chi connectivity index (χ1) is 12.8. The molecule has 0 spiro atoms. The summed E-state index contributed by atoms with van der Waals surface area (Å²) in [6, 6.07) is 4.08. The molecular weight excluding hydrogens is 326 g/mol. The summed E-state index contributed by atoms with van der Waals surface area (Å²) in [6.45, 7) is 3.35. The highest BCUT2D eigenvalue weighted by atomic mass is 15.3. The van der Waals surface area contributed by atoms with E-state index < -0.39 is 0 Å². The first-order valence-electron chi connectivity index (χ1n) is 9.30. The number of fused-ring (bicyclic) bond motifs is 1. The predicted molar refractivity (Wildman–Crippen MR) is 103 cm³/mol. The van der Waals surface area contributed by atoms with Crippen LogP contribution in [0.2, 0.25) is 0 Å². The van der Waals surface area contributed by atoms with E-state index in [-0.39, 0.29) is 0 Å². The summed E-state index contributed by atoms with van der Waals surface area (Å²) < 4.78 is 1.77. The number of hydrogen-bond acceptors (Lipinski definition) is 5. The van der Waals surface area contributed by atoms with Gasteiger partial charge in [-0.05, 0) is 13.0 Å². The van der Waals surface area contributed by atoms with Gasteiger partial charge in [-0.15, -0.1) is 0 Å². The maximum Gasteiger partial charge on any atom is 0.157 e. The summed E-state index contributed by atoms with van der Waals surface area (Å²) in [5, 5.41) is 17.4. The molecule has 3 heterocycles. The minimum atomic E-state index is 0.427. The number of hydrogen-bond donors (Lipinski definition) is 2. The summed E-state index contributed by atoms with van der Waals surface area (Å²) in [5.41, 5.74) is 2.55. The quantitative estimate of drug-likeness (QED) is 0.721. The van der Waals surface area contributed by atoms with Crippen molar-refractivity contribution in [1.29, 1.82) is 5.26 Å². The number of aryl methyl sites for hydroxylation is 1. The summed E-state index contributed by atoms with van der Waals surface area (Å²) in [7, 11) is 0. The SMILES string of the molecule is C1CCCC1.CCNc1nn(CCC#N)cc1-c1ncnc2[nH]ccc12. The predicted octanol–water partition coefficient (Wildman–Crippen LogP) is 4.12. The lowest BCUT2D eigenvalue weighted by Gasteiger charge is -2.03. The van der Waals surface area contributed by atoms with E-state index in [0.717, 1.165) is 34.7 Å². The van der Waals surface area contributed by atoms with Crippen molar-refractivity contribution in [1.82, 2.24) is 24.7 Å². The van der Waals surface area contributed by atoms with Gasteiger partial charge in [0.05, 0.1) is 30.3 Å². The number of nitrogens with zero attached hydrogens (tertiary/aromatic N) is 5. The number of H-pyrrole nitrogens is 1. The molecule has 0 unspecified atom stereocenters. The fourth-order valence-corrected chi connectivity index (χ4v) is 3.14. The van der Waals surface area contributed by atoms with Crippen LogP contribution < -0.4 is 5.32 Å². The van der Waals surface area contributed by atoms with Gasteiger partial charge in [-0.25, -0.2) is 9.97 Å². The molecule has 1 saturated carbocycles. The van der Waals surface area contributed by atoms with Gasteiger partial charge in [-0.3, -0.25) is 4.68 Å². The number of aromatic amines is 1. The standard InChI is InChI=1S/C14H15N7.C5H10/c1-2-16-14-11(8-21(20-14)7-3-5-15)12-10-4-6-17-13(10)19-9-18-12;1-2-4-5-3-1/h4,6,8-9H,2-3,7H2,1H3,(H,16,20)(H,17,18,19);1-5H2. The third-order valence-electron chi connectivity index (χ3n) is 4.42. The van der Waals surface area contributed by atoms with Gasteiger partial charge in [-0.1, -0.05) is 32.1 Å². The number of aromatic nitrogens is 5. The second kappa shape index (κ2) is 8.99. The second-order valence-corrected chi connectivity index (χ2v) is 6.32. The molecule has 0 amide bonds. The van der Waals surface area contributed by atoms with Gasteiger partial charge in [0, 0.05) is 24.3 Å². The highest BCUT2D eigenvalue weighted by molar-refractivity contribution is 5.93. The van der Waals surface area contributed by atoms with Crippen LogP contribution in [0.5, 0.6) is 0 Å². The molecule has 136 valence electrons. The van der Waals surface area contributed by atoms with Gasteiger partial charge in [-0.2, -0.15) is 10.4 Å². The zero-order valence-electron chi connectivity index (χ0n) is 15.2. The third kappa shape index (κ3) is 4.20. The Hall–Kier alpha value is -2.88. The Labute approximate surface area is 153 Å². The van der Waals surface area contributed by atoms with E-state index in [0.29, 0.717) is 13.0 Å². The molecule has 3 aromatic heterocycles. The van der Waals surface area contributed by atoms with E-state index in [1.54, 1.807) is 4.68 Å². The molecule has 0 aromatic carbocycles. The van der Waals surface area contributed by atoms with Gasteiger partial charge >= 0.3 is 0 Å². The van der Waals surface area contributed by atoms with Crippen molar-refractivity contribution in [3.05, 3.63) is 24.8 Å². The molecule has 3 aromatic rings. The first kappa shape index (κ1) is 17.9. The lowest BCUT2D eigenvalue weighted by atomic mass is 10.1. The minimum absolute atomic E-state index is 0.427. The first-order valence-corrected chi connectivity index (χ1v) is 9.30. The molecule has 1 aliphatic carbocycles. The fraction of sp³-hybridized carbons (Fsp3) is 0.474. The van der Waals surface area contributed by atoms with Crippen molar-refractivity contribution in [3.8, 4) is 17.3 Å². The number of nitrogens with one attached hydrogen (secondary N) is 2. The molecule has 0 atom stereocenters. The zero-order chi connectivity index (χ0) is 18.2. The van der Waals surface area contributed by atoms with E-state index in [4.69, 9.17) is 5.26 Å². The molecule has 0 radical (unpaired) electrons. The molecule has 1 fully saturated rings. The summed E-state index contributed by atoms with van der Waals surface area (Å²) in [5.74, 6) is 0.775. The van der Waals surface area contributed by atoms with Gasteiger partial charge in [0.25, 0.3) is 0 Å². The molecule has 0 bridgehead atoms. The van der Waals surface area contributed by atoms with Crippen LogP contribution in [0, 0.1) is 11.3 Å². The molecule has 7 heteroatoms. The number of anilines is 1. The summed E-state index contributed by atoms with van der Waals surface area (Å²) in [4.78, 5) is 11.7. The lowest BCUT2D eigenvalue weighted by molar-refractivity contribution is 0.629. The smallest absolute Gasteiger partial charge is 0.157 e. The van der Waals surface area contributed by atoms with Crippen LogP contribution in [0.1, 0.15) is 45.4 Å². The topological polar surface area (TPSA) is 95.2 Å². The molecular formula is C19H25N7. The highest BCUT2D eigenvalue weighted by Gasteiger charge is 2.15. The Morgan fingerprint density at radius 1 is 1.23 bits per heavy atom. The average molecular weight is 351 g/mol. The van der Waals surface area contributed by atoms with E-state index in [2.05, 4.69) is 31.4 Å². The fourth-order valence-electron chi connectivity index (χ4n) is 3.14. The monoisotopic (exact) mass is 351 g/mol. The molecule has 4 rings (SSSR count). The van der Waals surface area contributed by atoms with Crippen molar-refractivity contribution >= 4 is 16.9 Å². The molecule has 0 aliphatic heterocycles. The van der Waals surface area contributed by atoms with E-state index >= 15 is 0 Å². The van der Waals surface area contributed by atoms with Crippen LogP contribution in [-0.2, 0) is 6.54 Å². The Kier molecular flexibility index (Phi) is 6.20. The summed E-state index contributed by atoms with van der Waals surface area (Å²) in [6.07, 6.45) is 13.2. The molecule has 26 heavy (non-hydrogen) atoms. The van der Waals surface area contributed by atoms with E-state index in [1.165, 1.54) is 38.4 Å². The molecule has 7 nitrogen and oxygen atoms in total. The lowest BCUT2D eigenvalue weighted by Crippen LogP contribution is -2.01.